The number of aromatic amines is 1. The Bertz CT molecular complexity index is 226. The quantitative estimate of drug-likeness (QED) is 0.590. The highest BCUT2D eigenvalue weighted by Crippen LogP contribution is 2.19. The van der Waals surface area contributed by atoms with E-state index >= 15 is 0 Å². The lowest BCUT2D eigenvalue weighted by Crippen LogP contribution is -2.35. The van der Waals surface area contributed by atoms with E-state index in [1.807, 2.05) is 12.3 Å². The van der Waals surface area contributed by atoms with E-state index in [9.17, 15) is 0 Å². The molecule has 13 heavy (non-hydrogen) atoms. The molecule has 0 radical (unpaired) electrons. The van der Waals surface area contributed by atoms with Crippen molar-refractivity contribution >= 4 is 0 Å². The SMILES string of the molecule is CC(C)(CNCCN)c1ccc[nH]1. The van der Waals surface area contributed by atoms with Crippen molar-refractivity contribution in [3.63, 3.8) is 0 Å². The zero-order chi connectivity index (χ0) is 9.73. The number of aromatic nitrogens is 1. The number of H-pyrrole nitrogens is 1. The number of hydrogen-bond acceptors (Lipinski definition) is 2. The van der Waals surface area contributed by atoms with Crippen LogP contribution in [0.1, 0.15) is 19.5 Å². The standard InChI is InChI=1S/C10H19N3/c1-10(2,8-12-7-5-11)9-4-3-6-13-9/h3-4,6,12-13H,5,7-8,11H2,1-2H3. The molecule has 4 N–H and O–H groups in total. The predicted molar refractivity (Wildman–Crippen MR) is 55.7 cm³/mol. The lowest BCUT2D eigenvalue weighted by atomic mass is 9.89. The van der Waals surface area contributed by atoms with Crippen LogP contribution in [0.4, 0.5) is 0 Å². The second-order valence-corrected chi connectivity index (χ2v) is 3.93. The summed E-state index contributed by atoms with van der Waals surface area (Å²) in [5.41, 5.74) is 6.82. The van der Waals surface area contributed by atoms with Crippen molar-refractivity contribution in [3.05, 3.63) is 24.0 Å². The molecule has 0 aromatic carbocycles. The average Bonchev–Trinajstić information content (AvgIpc) is 2.56. The van der Waals surface area contributed by atoms with Gasteiger partial charge in [-0.3, -0.25) is 0 Å². The van der Waals surface area contributed by atoms with Gasteiger partial charge in [-0.15, -0.1) is 0 Å². The number of nitrogens with two attached hydrogens (primary N) is 1. The van der Waals surface area contributed by atoms with Gasteiger partial charge in [-0.25, -0.2) is 0 Å². The van der Waals surface area contributed by atoms with E-state index in [0.717, 1.165) is 13.1 Å². The van der Waals surface area contributed by atoms with Gasteiger partial charge in [-0.05, 0) is 12.1 Å². The van der Waals surface area contributed by atoms with E-state index in [1.54, 1.807) is 0 Å². The van der Waals surface area contributed by atoms with E-state index in [1.165, 1.54) is 5.69 Å². The summed E-state index contributed by atoms with van der Waals surface area (Å²) in [6.07, 6.45) is 1.96. The number of hydrogen-bond donors (Lipinski definition) is 3. The van der Waals surface area contributed by atoms with E-state index in [0.29, 0.717) is 6.54 Å². The van der Waals surface area contributed by atoms with Crippen molar-refractivity contribution < 1.29 is 0 Å². The second-order valence-electron chi connectivity index (χ2n) is 3.93. The Morgan fingerprint density at radius 1 is 1.54 bits per heavy atom. The highest BCUT2D eigenvalue weighted by Gasteiger charge is 2.20. The molecule has 1 aromatic rings. The van der Waals surface area contributed by atoms with Gasteiger partial charge >= 0.3 is 0 Å². The van der Waals surface area contributed by atoms with Gasteiger partial charge in [0.15, 0.2) is 0 Å². The Morgan fingerprint density at radius 3 is 2.85 bits per heavy atom. The maximum atomic E-state index is 5.41. The summed E-state index contributed by atoms with van der Waals surface area (Å²) in [6.45, 7) is 6.94. The molecular formula is C10H19N3. The molecule has 0 unspecified atom stereocenters. The summed E-state index contributed by atoms with van der Waals surface area (Å²) >= 11 is 0. The first kappa shape index (κ1) is 10.3. The molecule has 0 amide bonds. The molecule has 0 saturated carbocycles. The van der Waals surface area contributed by atoms with Crippen molar-refractivity contribution in [3.8, 4) is 0 Å². The Morgan fingerprint density at radius 2 is 2.31 bits per heavy atom. The van der Waals surface area contributed by atoms with Gasteiger partial charge in [-0.1, -0.05) is 13.8 Å². The van der Waals surface area contributed by atoms with Gasteiger partial charge in [0.2, 0.25) is 0 Å². The molecule has 0 bridgehead atoms. The average molecular weight is 181 g/mol. The highest BCUT2D eigenvalue weighted by atomic mass is 14.9. The van der Waals surface area contributed by atoms with Crippen LogP contribution in [0.3, 0.4) is 0 Å². The normalized spacial score (nSPS) is 11.9. The van der Waals surface area contributed by atoms with Crippen LogP contribution in [0.5, 0.6) is 0 Å². The van der Waals surface area contributed by atoms with E-state index in [4.69, 9.17) is 5.73 Å². The molecule has 3 nitrogen and oxygen atoms in total. The van der Waals surface area contributed by atoms with Gasteiger partial charge in [0.25, 0.3) is 0 Å². The zero-order valence-electron chi connectivity index (χ0n) is 8.43. The van der Waals surface area contributed by atoms with Gasteiger partial charge in [0.05, 0.1) is 0 Å². The largest absolute Gasteiger partial charge is 0.365 e. The molecule has 1 heterocycles. The highest BCUT2D eigenvalue weighted by molar-refractivity contribution is 5.15. The minimum Gasteiger partial charge on any atom is -0.365 e. The summed E-state index contributed by atoms with van der Waals surface area (Å²) in [5.74, 6) is 0. The van der Waals surface area contributed by atoms with Crippen molar-refractivity contribution in [2.75, 3.05) is 19.6 Å². The lowest BCUT2D eigenvalue weighted by Gasteiger charge is -2.23. The molecule has 74 valence electrons. The van der Waals surface area contributed by atoms with Crippen molar-refractivity contribution in [2.45, 2.75) is 19.3 Å². The van der Waals surface area contributed by atoms with Crippen LogP contribution in [0.25, 0.3) is 0 Å². The first-order chi connectivity index (χ1) is 6.17. The third kappa shape index (κ3) is 2.86. The molecule has 0 atom stereocenters. The summed E-state index contributed by atoms with van der Waals surface area (Å²) in [7, 11) is 0. The topological polar surface area (TPSA) is 53.8 Å². The summed E-state index contributed by atoms with van der Waals surface area (Å²) < 4.78 is 0. The minimum absolute atomic E-state index is 0.151. The maximum absolute atomic E-state index is 5.41. The minimum atomic E-state index is 0.151. The fourth-order valence-electron chi connectivity index (χ4n) is 1.35. The second kappa shape index (κ2) is 4.44. The molecule has 0 aliphatic rings. The van der Waals surface area contributed by atoms with Crippen molar-refractivity contribution in [1.82, 2.24) is 10.3 Å². The molecule has 1 rings (SSSR count). The smallest absolute Gasteiger partial charge is 0.0217 e. The van der Waals surface area contributed by atoms with E-state index < -0.39 is 0 Å². The van der Waals surface area contributed by atoms with E-state index in [-0.39, 0.29) is 5.41 Å². The summed E-state index contributed by atoms with van der Waals surface area (Å²) in [6, 6.07) is 4.14. The predicted octanol–water partition coefficient (Wildman–Crippen LogP) is 0.841. The van der Waals surface area contributed by atoms with Gasteiger partial charge in [0, 0.05) is 36.9 Å². The third-order valence-corrected chi connectivity index (χ3v) is 2.22. The number of rotatable bonds is 5. The van der Waals surface area contributed by atoms with Crippen LogP contribution >= 0.6 is 0 Å². The van der Waals surface area contributed by atoms with Crippen LogP contribution in [-0.4, -0.2) is 24.6 Å². The third-order valence-electron chi connectivity index (χ3n) is 2.22. The van der Waals surface area contributed by atoms with Crippen LogP contribution in [0, 0.1) is 0 Å². The summed E-state index contributed by atoms with van der Waals surface area (Å²) in [4.78, 5) is 3.23. The molecular weight excluding hydrogens is 162 g/mol. The first-order valence-electron chi connectivity index (χ1n) is 4.71. The molecule has 3 heteroatoms. The van der Waals surface area contributed by atoms with Crippen LogP contribution in [0.15, 0.2) is 18.3 Å². The Labute approximate surface area is 79.7 Å². The first-order valence-corrected chi connectivity index (χ1v) is 4.71. The van der Waals surface area contributed by atoms with Gasteiger partial charge in [-0.2, -0.15) is 0 Å². The molecule has 1 aromatic heterocycles. The Kier molecular flexibility index (Phi) is 3.51. The fraction of sp³-hybridized carbons (Fsp3) is 0.600. The Balaban J connectivity index is 2.46. The number of nitrogens with one attached hydrogen (secondary N) is 2. The van der Waals surface area contributed by atoms with Crippen LogP contribution < -0.4 is 11.1 Å². The summed E-state index contributed by atoms with van der Waals surface area (Å²) in [5, 5.41) is 3.32. The van der Waals surface area contributed by atoms with Crippen molar-refractivity contribution in [1.29, 1.82) is 0 Å². The zero-order valence-corrected chi connectivity index (χ0v) is 8.43. The molecule has 0 fully saturated rings. The molecule has 0 aliphatic carbocycles. The van der Waals surface area contributed by atoms with E-state index in [2.05, 4.69) is 30.2 Å². The Hall–Kier alpha value is -0.800. The van der Waals surface area contributed by atoms with Gasteiger partial charge < -0.3 is 16.0 Å². The molecule has 0 spiro atoms. The lowest BCUT2D eigenvalue weighted by molar-refractivity contribution is 0.463. The monoisotopic (exact) mass is 181 g/mol. The van der Waals surface area contributed by atoms with Gasteiger partial charge in [0.1, 0.15) is 0 Å². The fourth-order valence-corrected chi connectivity index (χ4v) is 1.35. The molecule has 0 aliphatic heterocycles. The molecule has 0 saturated heterocycles. The van der Waals surface area contributed by atoms with Crippen LogP contribution in [0.2, 0.25) is 0 Å². The van der Waals surface area contributed by atoms with Crippen LogP contribution in [-0.2, 0) is 5.41 Å². The maximum Gasteiger partial charge on any atom is 0.0217 e. The van der Waals surface area contributed by atoms with Crippen molar-refractivity contribution in [2.24, 2.45) is 5.73 Å².